The SMILES string of the molecule is CC1(C)[C@H]2CC=C(C=NNC(=O)[C@H]3CCS(=O)(=O)C3)[C@H]1C2. The first-order valence-corrected chi connectivity index (χ1v) is 9.35. The molecule has 1 N–H and O–H groups in total. The maximum absolute atomic E-state index is 11.9. The number of hydrazone groups is 1. The number of carbonyl (C=O) groups excluding carboxylic acids is 1. The van der Waals surface area contributed by atoms with E-state index in [9.17, 15) is 13.2 Å². The van der Waals surface area contributed by atoms with Gasteiger partial charge >= 0.3 is 0 Å². The lowest BCUT2D eigenvalue weighted by Crippen LogP contribution is -2.48. The Kier molecular flexibility index (Phi) is 3.47. The molecule has 5 nitrogen and oxygen atoms in total. The quantitative estimate of drug-likeness (QED) is 0.634. The van der Waals surface area contributed by atoms with Crippen molar-refractivity contribution in [2.24, 2.45) is 28.3 Å². The Morgan fingerprint density at radius 2 is 2.24 bits per heavy atom. The molecule has 3 aliphatic carbocycles. The monoisotopic (exact) mass is 310 g/mol. The highest BCUT2D eigenvalue weighted by molar-refractivity contribution is 7.91. The van der Waals surface area contributed by atoms with Crippen LogP contribution in [-0.4, -0.2) is 32.0 Å². The van der Waals surface area contributed by atoms with Crippen molar-refractivity contribution in [2.45, 2.75) is 33.1 Å². The molecule has 6 heteroatoms. The third kappa shape index (κ3) is 2.65. The Morgan fingerprint density at radius 3 is 2.81 bits per heavy atom. The van der Waals surface area contributed by atoms with Gasteiger partial charge in [-0.25, -0.2) is 13.8 Å². The average molecular weight is 310 g/mol. The summed E-state index contributed by atoms with van der Waals surface area (Å²) < 4.78 is 22.7. The van der Waals surface area contributed by atoms with Gasteiger partial charge in [-0.3, -0.25) is 4.79 Å². The fourth-order valence-electron chi connectivity index (χ4n) is 3.81. The molecule has 1 saturated carbocycles. The Labute approximate surface area is 125 Å². The van der Waals surface area contributed by atoms with E-state index in [-0.39, 0.29) is 17.4 Å². The van der Waals surface area contributed by atoms with Crippen molar-refractivity contribution in [2.75, 3.05) is 11.5 Å². The van der Waals surface area contributed by atoms with Gasteiger partial charge in [-0.1, -0.05) is 19.9 Å². The minimum atomic E-state index is -3.03. The van der Waals surface area contributed by atoms with Gasteiger partial charge < -0.3 is 0 Å². The average Bonchev–Trinajstić information content (AvgIpc) is 2.79. The lowest BCUT2D eigenvalue weighted by atomic mass is 9.49. The van der Waals surface area contributed by atoms with E-state index >= 15 is 0 Å². The van der Waals surface area contributed by atoms with Crippen LogP contribution in [0.1, 0.15) is 33.1 Å². The van der Waals surface area contributed by atoms with Gasteiger partial charge in [0, 0.05) is 0 Å². The summed E-state index contributed by atoms with van der Waals surface area (Å²) in [5.74, 6) is 0.639. The topological polar surface area (TPSA) is 75.6 Å². The predicted octanol–water partition coefficient (Wildman–Crippen LogP) is 1.52. The van der Waals surface area contributed by atoms with Crippen LogP contribution in [0.5, 0.6) is 0 Å². The molecule has 4 aliphatic rings. The lowest BCUT2D eigenvalue weighted by molar-refractivity contribution is -0.124. The van der Waals surface area contributed by atoms with Gasteiger partial charge in [0.25, 0.3) is 0 Å². The number of hydrogen-bond donors (Lipinski definition) is 1. The molecule has 0 unspecified atom stereocenters. The van der Waals surface area contributed by atoms with Crippen LogP contribution in [0.4, 0.5) is 0 Å². The van der Waals surface area contributed by atoms with Gasteiger partial charge in [-0.05, 0) is 42.1 Å². The molecule has 0 aromatic heterocycles. The van der Waals surface area contributed by atoms with Crippen molar-refractivity contribution < 1.29 is 13.2 Å². The summed E-state index contributed by atoms with van der Waals surface area (Å²) in [6.07, 6.45) is 6.64. The van der Waals surface area contributed by atoms with Crippen molar-refractivity contribution >= 4 is 22.0 Å². The summed E-state index contributed by atoms with van der Waals surface area (Å²) in [4.78, 5) is 11.9. The first-order valence-electron chi connectivity index (χ1n) is 7.53. The molecule has 3 atom stereocenters. The summed E-state index contributed by atoms with van der Waals surface area (Å²) >= 11 is 0. The predicted molar refractivity (Wildman–Crippen MR) is 81.5 cm³/mol. The van der Waals surface area contributed by atoms with E-state index in [4.69, 9.17) is 0 Å². The van der Waals surface area contributed by atoms with Crippen molar-refractivity contribution in [3.05, 3.63) is 11.6 Å². The summed E-state index contributed by atoms with van der Waals surface area (Å²) in [7, 11) is -3.03. The number of sulfone groups is 1. The molecule has 0 radical (unpaired) electrons. The zero-order valence-electron chi connectivity index (χ0n) is 12.5. The maximum atomic E-state index is 11.9. The van der Waals surface area contributed by atoms with E-state index in [0.717, 1.165) is 12.3 Å². The van der Waals surface area contributed by atoms with Gasteiger partial charge in [-0.15, -0.1) is 0 Å². The largest absolute Gasteiger partial charge is 0.273 e. The number of fused-ring (bicyclic) bond motifs is 1. The van der Waals surface area contributed by atoms with Crippen LogP contribution in [0.3, 0.4) is 0 Å². The fraction of sp³-hybridized carbons (Fsp3) is 0.733. The van der Waals surface area contributed by atoms with Crippen LogP contribution >= 0.6 is 0 Å². The van der Waals surface area contributed by atoms with Crippen molar-refractivity contribution in [1.82, 2.24) is 5.43 Å². The van der Waals surface area contributed by atoms with E-state index in [1.807, 2.05) is 0 Å². The fourth-order valence-corrected chi connectivity index (χ4v) is 5.55. The molecule has 2 bridgehead atoms. The molecule has 21 heavy (non-hydrogen) atoms. The van der Waals surface area contributed by atoms with Gasteiger partial charge in [0.1, 0.15) is 0 Å². The molecule has 116 valence electrons. The number of carbonyl (C=O) groups is 1. The number of allylic oxidation sites excluding steroid dienone is 2. The highest BCUT2D eigenvalue weighted by Crippen LogP contribution is 2.58. The molecule has 1 saturated heterocycles. The number of amides is 1. The zero-order valence-corrected chi connectivity index (χ0v) is 13.3. The van der Waals surface area contributed by atoms with Crippen LogP contribution in [-0.2, 0) is 14.6 Å². The van der Waals surface area contributed by atoms with Crippen LogP contribution in [0.15, 0.2) is 16.8 Å². The first-order chi connectivity index (χ1) is 9.79. The van der Waals surface area contributed by atoms with E-state index < -0.39 is 15.8 Å². The highest BCUT2D eigenvalue weighted by Gasteiger charge is 2.50. The molecule has 0 aromatic carbocycles. The van der Waals surface area contributed by atoms with E-state index in [1.165, 1.54) is 12.0 Å². The van der Waals surface area contributed by atoms with Crippen LogP contribution in [0.2, 0.25) is 0 Å². The van der Waals surface area contributed by atoms with E-state index in [2.05, 4.69) is 30.5 Å². The van der Waals surface area contributed by atoms with Crippen LogP contribution in [0.25, 0.3) is 0 Å². The molecule has 1 heterocycles. The highest BCUT2D eigenvalue weighted by atomic mass is 32.2. The third-order valence-electron chi connectivity index (χ3n) is 5.50. The molecule has 1 amide bonds. The molecular weight excluding hydrogens is 288 g/mol. The summed E-state index contributed by atoms with van der Waals surface area (Å²) in [5, 5.41) is 4.04. The van der Waals surface area contributed by atoms with Crippen LogP contribution in [0, 0.1) is 23.2 Å². The Balaban J connectivity index is 1.56. The smallest absolute Gasteiger partial charge is 0.244 e. The van der Waals surface area contributed by atoms with E-state index in [1.54, 1.807) is 6.21 Å². The minimum Gasteiger partial charge on any atom is -0.273 e. The lowest BCUT2D eigenvalue weighted by Gasteiger charge is -2.55. The third-order valence-corrected chi connectivity index (χ3v) is 7.27. The van der Waals surface area contributed by atoms with Crippen molar-refractivity contribution in [3.8, 4) is 0 Å². The Morgan fingerprint density at radius 1 is 1.48 bits per heavy atom. The molecule has 2 fully saturated rings. The molecular formula is C15H22N2O3S. The molecule has 0 spiro atoms. The summed E-state index contributed by atoms with van der Waals surface area (Å²) in [5.41, 5.74) is 4.03. The maximum Gasteiger partial charge on any atom is 0.244 e. The van der Waals surface area contributed by atoms with Gasteiger partial charge in [0.15, 0.2) is 9.84 Å². The zero-order chi connectivity index (χ0) is 15.3. The summed E-state index contributed by atoms with van der Waals surface area (Å²) in [6, 6.07) is 0. The van der Waals surface area contributed by atoms with Gasteiger partial charge in [0.05, 0.1) is 23.6 Å². The molecule has 1 aliphatic heterocycles. The van der Waals surface area contributed by atoms with Crippen molar-refractivity contribution in [3.63, 3.8) is 0 Å². The van der Waals surface area contributed by atoms with Gasteiger partial charge in [0.2, 0.25) is 5.91 Å². The Hall–Kier alpha value is -1.17. The second kappa shape index (κ2) is 4.93. The minimum absolute atomic E-state index is 0.0472. The number of nitrogens with zero attached hydrogens (tertiary/aromatic N) is 1. The summed E-state index contributed by atoms with van der Waals surface area (Å²) in [6.45, 7) is 4.57. The van der Waals surface area contributed by atoms with E-state index in [0.29, 0.717) is 17.8 Å². The normalized spacial score (nSPS) is 36.1. The molecule has 4 rings (SSSR count). The number of rotatable bonds is 3. The second-order valence-corrected chi connectivity index (χ2v) is 9.31. The van der Waals surface area contributed by atoms with Crippen LogP contribution < -0.4 is 5.43 Å². The molecule has 0 aromatic rings. The Bertz CT molecular complexity index is 619. The second-order valence-electron chi connectivity index (χ2n) is 7.08. The number of nitrogens with one attached hydrogen (secondary N) is 1. The number of hydrogen-bond acceptors (Lipinski definition) is 4. The first kappa shape index (κ1) is 14.8. The van der Waals surface area contributed by atoms with Crippen molar-refractivity contribution in [1.29, 1.82) is 0 Å². The van der Waals surface area contributed by atoms with Gasteiger partial charge in [-0.2, -0.15) is 5.10 Å². The standard InChI is InChI=1S/C15H22N2O3S/c1-15(2)12-4-3-10(13(15)7-12)8-16-17-14(18)11-5-6-21(19,20)9-11/h3,8,11-13H,4-7,9H2,1-2H3,(H,17,18)/t11-,12-,13+/m0/s1.